The van der Waals surface area contributed by atoms with Gasteiger partial charge in [0, 0.05) is 0 Å². The van der Waals surface area contributed by atoms with Crippen molar-refractivity contribution in [2.24, 2.45) is 0 Å². The Morgan fingerprint density at radius 1 is 1.00 bits per heavy atom. The second-order valence-corrected chi connectivity index (χ2v) is 4.86. The van der Waals surface area contributed by atoms with Crippen LogP contribution in [0.25, 0.3) is 0 Å². The first-order valence-corrected chi connectivity index (χ1v) is 6.27. The molecule has 0 fully saturated rings. The highest BCUT2D eigenvalue weighted by atomic mass is 16.5. The van der Waals surface area contributed by atoms with Crippen molar-refractivity contribution < 1.29 is 14.6 Å². The number of ether oxygens (including phenoxy) is 1. The van der Waals surface area contributed by atoms with Crippen LogP contribution in [0.15, 0.2) is 30.3 Å². The summed E-state index contributed by atoms with van der Waals surface area (Å²) >= 11 is 0. The van der Waals surface area contributed by atoms with Gasteiger partial charge < -0.3 is 15.6 Å². The maximum Gasteiger partial charge on any atom is 0.335 e. The van der Waals surface area contributed by atoms with E-state index in [1.165, 1.54) is 17.7 Å². The first-order chi connectivity index (χ1) is 9.38. The number of carbonyl (C=O) groups is 1. The van der Waals surface area contributed by atoms with E-state index in [9.17, 15) is 4.79 Å². The number of hydrogen-bond donors (Lipinski definition) is 2. The topological polar surface area (TPSA) is 72.5 Å². The smallest absolute Gasteiger partial charge is 0.335 e. The van der Waals surface area contributed by atoms with Gasteiger partial charge >= 0.3 is 5.97 Å². The molecule has 0 amide bonds. The molecule has 2 aromatic rings. The van der Waals surface area contributed by atoms with Crippen molar-refractivity contribution in [3.05, 3.63) is 52.6 Å². The van der Waals surface area contributed by atoms with E-state index in [1.54, 1.807) is 6.07 Å². The van der Waals surface area contributed by atoms with Gasteiger partial charge in [0.15, 0.2) is 0 Å². The Morgan fingerprint density at radius 3 is 2.25 bits per heavy atom. The van der Waals surface area contributed by atoms with Crippen LogP contribution < -0.4 is 10.5 Å². The highest BCUT2D eigenvalue weighted by molar-refractivity contribution is 5.89. The fraction of sp³-hybridized carbons (Fsp3) is 0.188. The molecule has 0 unspecified atom stereocenters. The van der Waals surface area contributed by atoms with Crippen LogP contribution in [0.2, 0.25) is 0 Å². The highest BCUT2D eigenvalue weighted by Crippen LogP contribution is 2.31. The van der Waals surface area contributed by atoms with E-state index in [0.717, 1.165) is 16.9 Å². The number of aromatic carboxylic acids is 1. The molecule has 0 heterocycles. The molecular formula is C16H17NO3. The summed E-state index contributed by atoms with van der Waals surface area (Å²) < 4.78 is 5.79. The summed E-state index contributed by atoms with van der Waals surface area (Å²) in [6.07, 6.45) is 0. The molecule has 0 aliphatic carbocycles. The van der Waals surface area contributed by atoms with Gasteiger partial charge in [0.25, 0.3) is 0 Å². The molecule has 0 aromatic heterocycles. The van der Waals surface area contributed by atoms with E-state index in [0.29, 0.717) is 11.4 Å². The zero-order valence-corrected chi connectivity index (χ0v) is 11.7. The van der Waals surface area contributed by atoms with E-state index in [-0.39, 0.29) is 5.56 Å². The monoisotopic (exact) mass is 271 g/mol. The number of hydrogen-bond acceptors (Lipinski definition) is 3. The normalized spacial score (nSPS) is 10.3. The third-order valence-corrected chi connectivity index (χ3v) is 3.27. The third-order valence-electron chi connectivity index (χ3n) is 3.27. The lowest BCUT2D eigenvalue weighted by Gasteiger charge is -2.13. The van der Waals surface area contributed by atoms with Gasteiger partial charge in [-0.3, -0.25) is 0 Å². The molecular weight excluding hydrogens is 254 g/mol. The van der Waals surface area contributed by atoms with Crippen LogP contribution >= 0.6 is 0 Å². The molecule has 3 N–H and O–H groups in total. The zero-order valence-electron chi connectivity index (χ0n) is 11.7. The van der Waals surface area contributed by atoms with Crippen LogP contribution in [0.1, 0.15) is 27.0 Å². The summed E-state index contributed by atoms with van der Waals surface area (Å²) in [4.78, 5) is 10.9. The van der Waals surface area contributed by atoms with Gasteiger partial charge in [0.2, 0.25) is 0 Å². The Balaban J connectivity index is 2.35. The lowest BCUT2D eigenvalue weighted by atomic mass is 10.1. The number of nitrogens with two attached hydrogens (primary N) is 1. The molecule has 2 rings (SSSR count). The Labute approximate surface area is 117 Å². The summed E-state index contributed by atoms with van der Waals surface area (Å²) in [5.41, 5.74) is 9.63. The fourth-order valence-corrected chi connectivity index (χ4v) is 1.94. The molecule has 0 aliphatic rings. The molecule has 0 atom stereocenters. The number of carboxylic acids is 1. The second kappa shape index (κ2) is 5.25. The number of nitrogen functional groups attached to an aromatic ring is 1. The van der Waals surface area contributed by atoms with Crippen molar-refractivity contribution in [1.82, 2.24) is 0 Å². The second-order valence-electron chi connectivity index (χ2n) is 4.86. The van der Waals surface area contributed by atoms with E-state index in [2.05, 4.69) is 0 Å². The van der Waals surface area contributed by atoms with Gasteiger partial charge in [-0.15, -0.1) is 0 Å². The first kappa shape index (κ1) is 13.9. The molecule has 0 spiro atoms. The van der Waals surface area contributed by atoms with E-state index in [4.69, 9.17) is 15.6 Å². The minimum Gasteiger partial charge on any atom is -0.478 e. The Bertz CT molecular complexity index is 678. The number of benzene rings is 2. The highest BCUT2D eigenvalue weighted by Gasteiger charge is 2.10. The van der Waals surface area contributed by atoms with Gasteiger partial charge in [0.05, 0.1) is 11.3 Å². The number of anilines is 1. The molecule has 0 radical (unpaired) electrons. The molecule has 20 heavy (non-hydrogen) atoms. The van der Waals surface area contributed by atoms with Gasteiger partial charge in [0.1, 0.15) is 11.5 Å². The summed E-state index contributed by atoms with van der Waals surface area (Å²) in [5, 5.41) is 8.90. The average Bonchev–Trinajstić information content (AvgIpc) is 2.37. The summed E-state index contributed by atoms with van der Waals surface area (Å²) in [7, 11) is 0. The van der Waals surface area contributed by atoms with Crippen LogP contribution in [0.4, 0.5) is 5.69 Å². The molecule has 0 bridgehead atoms. The van der Waals surface area contributed by atoms with Gasteiger partial charge in [-0.05, 0) is 61.7 Å². The molecule has 0 saturated carbocycles. The van der Waals surface area contributed by atoms with Crippen molar-refractivity contribution in [3.8, 4) is 11.5 Å². The maximum atomic E-state index is 10.9. The molecule has 4 nitrogen and oxygen atoms in total. The summed E-state index contributed by atoms with van der Waals surface area (Å²) in [6, 6.07) is 8.45. The molecule has 2 aromatic carbocycles. The van der Waals surface area contributed by atoms with Gasteiger partial charge in [-0.1, -0.05) is 6.07 Å². The average molecular weight is 271 g/mol. The van der Waals surface area contributed by atoms with Crippen molar-refractivity contribution in [2.75, 3.05) is 5.73 Å². The molecule has 0 saturated heterocycles. The van der Waals surface area contributed by atoms with Crippen LogP contribution in [0.5, 0.6) is 11.5 Å². The van der Waals surface area contributed by atoms with E-state index < -0.39 is 5.97 Å². The zero-order chi connectivity index (χ0) is 14.9. The predicted octanol–water partition coefficient (Wildman–Crippen LogP) is 3.68. The molecule has 4 heteroatoms. The maximum absolute atomic E-state index is 10.9. The predicted molar refractivity (Wildman–Crippen MR) is 78.5 cm³/mol. The van der Waals surface area contributed by atoms with Gasteiger partial charge in [-0.25, -0.2) is 4.79 Å². The van der Waals surface area contributed by atoms with E-state index >= 15 is 0 Å². The van der Waals surface area contributed by atoms with E-state index in [1.807, 2.05) is 32.9 Å². The molecule has 104 valence electrons. The number of aryl methyl sites for hydroxylation is 3. The standard InChI is InChI=1S/C16H17NO3/c1-9-6-11(3)15(7-10(9)2)20-14-5-4-12(16(18)19)8-13(14)17/h4-8H,17H2,1-3H3,(H,18,19). The largest absolute Gasteiger partial charge is 0.478 e. The fourth-order valence-electron chi connectivity index (χ4n) is 1.94. The minimum absolute atomic E-state index is 0.145. The SMILES string of the molecule is Cc1cc(C)c(Oc2ccc(C(=O)O)cc2N)cc1C. The lowest BCUT2D eigenvalue weighted by molar-refractivity contribution is 0.0697. The lowest BCUT2D eigenvalue weighted by Crippen LogP contribution is -2.00. The minimum atomic E-state index is -1.01. The van der Waals surface area contributed by atoms with Gasteiger partial charge in [-0.2, -0.15) is 0 Å². The van der Waals surface area contributed by atoms with Crippen LogP contribution in [0.3, 0.4) is 0 Å². The Kier molecular flexibility index (Phi) is 3.66. The van der Waals surface area contributed by atoms with Crippen molar-refractivity contribution in [1.29, 1.82) is 0 Å². The van der Waals surface area contributed by atoms with Crippen molar-refractivity contribution in [3.63, 3.8) is 0 Å². The molecule has 0 aliphatic heterocycles. The Morgan fingerprint density at radius 2 is 1.65 bits per heavy atom. The summed E-state index contributed by atoms with van der Waals surface area (Å²) in [5.74, 6) is 0.176. The summed E-state index contributed by atoms with van der Waals surface area (Å²) in [6.45, 7) is 6.02. The third kappa shape index (κ3) is 2.74. The quantitative estimate of drug-likeness (QED) is 0.835. The number of carboxylic acid groups (broad SMARTS) is 1. The van der Waals surface area contributed by atoms with Crippen molar-refractivity contribution >= 4 is 11.7 Å². The number of rotatable bonds is 3. The van der Waals surface area contributed by atoms with Crippen LogP contribution in [-0.2, 0) is 0 Å². The Hall–Kier alpha value is -2.49. The first-order valence-electron chi connectivity index (χ1n) is 6.27. The van der Waals surface area contributed by atoms with Crippen LogP contribution in [0, 0.1) is 20.8 Å². The van der Waals surface area contributed by atoms with Crippen molar-refractivity contribution in [2.45, 2.75) is 20.8 Å². The van der Waals surface area contributed by atoms with Crippen LogP contribution in [-0.4, -0.2) is 11.1 Å².